The number of fused-ring (bicyclic) bond motifs is 1. The van der Waals surface area contributed by atoms with Gasteiger partial charge in [-0.25, -0.2) is 4.98 Å². The van der Waals surface area contributed by atoms with Gasteiger partial charge in [0.25, 0.3) is 5.56 Å². The van der Waals surface area contributed by atoms with Crippen molar-refractivity contribution >= 4 is 17.1 Å². The van der Waals surface area contributed by atoms with Gasteiger partial charge in [0.1, 0.15) is 0 Å². The fraction of sp³-hybridized carbons (Fsp3) is 0.583. The number of rotatable bonds is 1. The summed E-state index contributed by atoms with van der Waals surface area (Å²) in [6, 6.07) is 0.395. The van der Waals surface area contributed by atoms with E-state index in [0.717, 1.165) is 12.8 Å². The van der Waals surface area contributed by atoms with E-state index in [2.05, 4.69) is 15.0 Å². The van der Waals surface area contributed by atoms with Crippen molar-refractivity contribution in [2.24, 2.45) is 0 Å². The van der Waals surface area contributed by atoms with E-state index in [1.807, 2.05) is 4.57 Å². The van der Waals surface area contributed by atoms with Crippen LogP contribution in [-0.2, 0) is 0 Å². The van der Waals surface area contributed by atoms with Crippen LogP contribution in [0.25, 0.3) is 11.2 Å². The molecule has 1 fully saturated rings. The first kappa shape index (κ1) is 11.3. The van der Waals surface area contributed by atoms with E-state index < -0.39 is 0 Å². The molecule has 0 spiro atoms. The fourth-order valence-corrected chi connectivity index (χ4v) is 2.75. The molecule has 6 heteroatoms. The second kappa shape index (κ2) is 4.44. The highest BCUT2D eigenvalue weighted by Crippen LogP contribution is 2.28. The summed E-state index contributed by atoms with van der Waals surface area (Å²) < 4.78 is 2.02. The van der Waals surface area contributed by atoms with Crippen molar-refractivity contribution in [2.45, 2.75) is 44.6 Å². The third-order valence-electron chi connectivity index (χ3n) is 3.67. The van der Waals surface area contributed by atoms with Gasteiger partial charge in [-0.15, -0.1) is 0 Å². The summed E-state index contributed by atoms with van der Waals surface area (Å²) >= 11 is 0. The van der Waals surface area contributed by atoms with Gasteiger partial charge in [0.15, 0.2) is 11.2 Å². The minimum atomic E-state index is -0.259. The van der Waals surface area contributed by atoms with Crippen molar-refractivity contribution in [3.63, 3.8) is 0 Å². The molecule has 2 aromatic heterocycles. The Bertz CT molecular complexity index is 606. The summed E-state index contributed by atoms with van der Waals surface area (Å²) in [5.74, 6) is 0.155. The Balaban J connectivity index is 2.08. The molecule has 0 bridgehead atoms. The van der Waals surface area contributed by atoms with Crippen molar-refractivity contribution < 1.29 is 0 Å². The molecule has 2 heterocycles. The van der Waals surface area contributed by atoms with Crippen LogP contribution in [0, 0.1) is 0 Å². The van der Waals surface area contributed by atoms with E-state index in [1.54, 1.807) is 6.33 Å². The van der Waals surface area contributed by atoms with Gasteiger partial charge in [-0.3, -0.25) is 9.78 Å². The van der Waals surface area contributed by atoms with E-state index >= 15 is 0 Å². The highest BCUT2D eigenvalue weighted by Gasteiger charge is 2.18. The molecule has 6 nitrogen and oxygen atoms in total. The molecule has 0 aliphatic heterocycles. The molecule has 0 radical (unpaired) electrons. The van der Waals surface area contributed by atoms with Gasteiger partial charge >= 0.3 is 0 Å². The standard InChI is InChI=1S/C12H17N5O/c13-12-15-10-9(11(18)16-12)14-7-17(10)8-5-3-1-2-4-6-8/h7-8H,1-6H2,(H3,13,15,16,18). The summed E-state index contributed by atoms with van der Waals surface area (Å²) in [6.45, 7) is 0. The summed E-state index contributed by atoms with van der Waals surface area (Å²) in [6.07, 6.45) is 9.01. The van der Waals surface area contributed by atoms with Crippen LogP contribution in [0.2, 0.25) is 0 Å². The number of nitrogen functional groups attached to an aromatic ring is 1. The minimum absolute atomic E-state index is 0.155. The maximum Gasteiger partial charge on any atom is 0.280 e. The number of nitrogens with one attached hydrogen (secondary N) is 1. The highest BCUT2D eigenvalue weighted by atomic mass is 16.1. The molecule has 3 rings (SSSR count). The Morgan fingerprint density at radius 1 is 1.28 bits per heavy atom. The van der Waals surface area contributed by atoms with Crippen LogP contribution < -0.4 is 11.3 Å². The first-order valence-electron chi connectivity index (χ1n) is 6.48. The summed E-state index contributed by atoms with van der Waals surface area (Å²) in [4.78, 5) is 22.6. The quantitative estimate of drug-likeness (QED) is 0.749. The predicted molar refractivity (Wildman–Crippen MR) is 69.3 cm³/mol. The zero-order valence-corrected chi connectivity index (χ0v) is 10.2. The number of hydrogen-bond donors (Lipinski definition) is 2. The number of H-pyrrole nitrogens is 1. The zero-order chi connectivity index (χ0) is 12.5. The first-order valence-corrected chi connectivity index (χ1v) is 6.48. The lowest BCUT2D eigenvalue weighted by atomic mass is 10.1. The van der Waals surface area contributed by atoms with Crippen LogP contribution in [0.15, 0.2) is 11.1 Å². The smallest absolute Gasteiger partial charge is 0.280 e. The zero-order valence-electron chi connectivity index (χ0n) is 10.2. The molecule has 0 unspecified atom stereocenters. The molecule has 3 N–H and O–H groups in total. The predicted octanol–water partition coefficient (Wildman–Crippen LogP) is 1.60. The lowest BCUT2D eigenvalue weighted by Crippen LogP contribution is -2.14. The first-order chi connectivity index (χ1) is 8.75. The molecular formula is C12H17N5O. The molecule has 96 valence electrons. The van der Waals surface area contributed by atoms with Crippen molar-refractivity contribution in [3.8, 4) is 0 Å². The maximum atomic E-state index is 11.7. The number of nitrogens with zero attached hydrogens (tertiary/aromatic N) is 3. The van der Waals surface area contributed by atoms with Crippen LogP contribution >= 0.6 is 0 Å². The lowest BCUT2D eigenvalue weighted by Gasteiger charge is -2.16. The van der Waals surface area contributed by atoms with E-state index in [0.29, 0.717) is 17.2 Å². The van der Waals surface area contributed by atoms with E-state index in [9.17, 15) is 4.79 Å². The Kier molecular flexibility index (Phi) is 2.77. The monoisotopic (exact) mass is 247 g/mol. The molecule has 2 aromatic rings. The van der Waals surface area contributed by atoms with Crippen LogP contribution in [0.3, 0.4) is 0 Å². The van der Waals surface area contributed by atoms with E-state index in [1.165, 1.54) is 25.7 Å². The van der Waals surface area contributed by atoms with E-state index in [-0.39, 0.29) is 11.5 Å². The minimum Gasteiger partial charge on any atom is -0.369 e. The van der Waals surface area contributed by atoms with Crippen LogP contribution in [-0.4, -0.2) is 19.5 Å². The van der Waals surface area contributed by atoms with Gasteiger partial charge in [0.05, 0.1) is 6.33 Å². The molecule has 1 saturated carbocycles. The summed E-state index contributed by atoms with van der Waals surface area (Å²) in [5.41, 5.74) is 6.34. The second-order valence-corrected chi connectivity index (χ2v) is 4.92. The Morgan fingerprint density at radius 3 is 2.72 bits per heavy atom. The molecule has 0 amide bonds. The number of aromatic amines is 1. The van der Waals surface area contributed by atoms with Crippen LogP contribution in [0.4, 0.5) is 5.95 Å². The molecule has 0 atom stereocenters. The number of anilines is 1. The van der Waals surface area contributed by atoms with Gasteiger partial charge in [-0.05, 0) is 12.8 Å². The van der Waals surface area contributed by atoms with Crippen molar-refractivity contribution in [1.29, 1.82) is 0 Å². The highest BCUT2D eigenvalue weighted by molar-refractivity contribution is 5.70. The van der Waals surface area contributed by atoms with Gasteiger partial charge in [0.2, 0.25) is 5.95 Å². The Morgan fingerprint density at radius 2 is 2.00 bits per heavy atom. The number of nitrogens with two attached hydrogens (primary N) is 1. The lowest BCUT2D eigenvalue weighted by molar-refractivity contribution is 0.451. The van der Waals surface area contributed by atoms with E-state index in [4.69, 9.17) is 5.73 Å². The maximum absolute atomic E-state index is 11.7. The van der Waals surface area contributed by atoms with Gasteiger partial charge in [-0.2, -0.15) is 4.98 Å². The van der Waals surface area contributed by atoms with Gasteiger partial charge in [-0.1, -0.05) is 25.7 Å². The third kappa shape index (κ3) is 1.87. The fourth-order valence-electron chi connectivity index (χ4n) is 2.75. The van der Waals surface area contributed by atoms with Gasteiger partial charge in [0, 0.05) is 6.04 Å². The molecule has 0 saturated heterocycles. The number of hydrogen-bond acceptors (Lipinski definition) is 4. The Labute approximate surface area is 104 Å². The molecule has 18 heavy (non-hydrogen) atoms. The summed E-state index contributed by atoms with van der Waals surface area (Å²) in [7, 11) is 0. The molecular weight excluding hydrogens is 230 g/mol. The average molecular weight is 247 g/mol. The number of imidazole rings is 1. The van der Waals surface area contributed by atoms with Crippen LogP contribution in [0.1, 0.15) is 44.6 Å². The largest absolute Gasteiger partial charge is 0.369 e. The van der Waals surface area contributed by atoms with Crippen molar-refractivity contribution in [1.82, 2.24) is 19.5 Å². The van der Waals surface area contributed by atoms with Crippen molar-refractivity contribution in [2.75, 3.05) is 5.73 Å². The van der Waals surface area contributed by atoms with Crippen LogP contribution in [0.5, 0.6) is 0 Å². The SMILES string of the molecule is Nc1nc2c(ncn2C2CCCCCC2)c(=O)[nH]1. The third-order valence-corrected chi connectivity index (χ3v) is 3.67. The topological polar surface area (TPSA) is 89.6 Å². The van der Waals surface area contributed by atoms with Crippen molar-refractivity contribution in [3.05, 3.63) is 16.7 Å². The average Bonchev–Trinajstić information content (AvgIpc) is 2.59. The Hall–Kier alpha value is -1.85. The molecule has 0 aromatic carbocycles. The number of aromatic nitrogens is 4. The molecule has 1 aliphatic rings. The normalized spacial score (nSPS) is 18.0. The van der Waals surface area contributed by atoms with Gasteiger partial charge < -0.3 is 10.3 Å². The summed E-state index contributed by atoms with van der Waals surface area (Å²) in [5, 5.41) is 0. The molecule has 1 aliphatic carbocycles. The second-order valence-electron chi connectivity index (χ2n) is 4.92.